The average Bonchev–Trinajstić information content (AvgIpc) is 3.21. The second kappa shape index (κ2) is 8.14. The Morgan fingerprint density at radius 1 is 1.03 bits per heavy atom. The van der Waals surface area contributed by atoms with Gasteiger partial charge in [-0.15, -0.1) is 0 Å². The standard InChI is InChI=1S/C21H20F3N3O4S/c1-31-16-6-5-14-11-19(25-18(14)13-16)20(28)26-7-9-27(10-8-26)32(29,30)17-4-2-3-15(12-17)21(22,23)24/h2-6,11-13,25H,7-10H2,1H3. The zero-order valence-electron chi connectivity index (χ0n) is 17.0. The predicted octanol–water partition coefficient (Wildman–Crippen LogP) is 3.34. The van der Waals surface area contributed by atoms with Crippen LogP contribution >= 0.6 is 0 Å². The summed E-state index contributed by atoms with van der Waals surface area (Å²) in [4.78, 5) is 17.0. The van der Waals surface area contributed by atoms with E-state index in [1.165, 1.54) is 4.90 Å². The molecule has 0 bridgehead atoms. The molecule has 32 heavy (non-hydrogen) atoms. The first kappa shape index (κ1) is 22.2. The second-order valence-electron chi connectivity index (χ2n) is 7.36. The van der Waals surface area contributed by atoms with E-state index in [9.17, 15) is 26.4 Å². The molecule has 0 atom stereocenters. The number of benzene rings is 2. The molecule has 170 valence electrons. The lowest BCUT2D eigenvalue weighted by Gasteiger charge is -2.33. The Morgan fingerprint density at radius 3 is 2.41 bits per heavy atom. The van der Waals surface area contributed by atoms with Gasteiger partial charge in [-0.1, -0.05) is 6.07 Å². The molecule has 0 radical (unpaired) electrons. The van der Waals surface area contributed by atoms with Crippen LogP contribution in [0.3, 0.4) is 0 Å². The summed E-state index contributed by atoms with van der Waals surface area (Å²) in [6.07, 6.45) is -4.64. The number of aromatic amines is 1. The minimum atomic E-state index is -4.64. The maximum absolute atomic E-state index is 13.0. The van der Waals surface area contributed by atoms with Gasteiger partial charge in [0.05, 0.1) is 17.6 Å². The van der Waals surface area contributed by atoms with Crippen molar-refractivity contribution in [2.24, 2.45) is 0 Å². The summed E-state index contributed by atoms with van der Waals surface area (Å²) >= 11 is 0. The first-order valence-corrected chi connectivity index (χ1v) is 11.2. The van der Waals surface area contributed by atoms with Gasteiger partial charge in [0.1, 0.15) is 11.4 Å². The molecule has 0 spiro atoms. The number of hydrogen-bond acceptors (Lipinski definition) is 4. The van der Waals surface area contributed by atoms with Gasteiger partial charge >= 0.3 is 6.18 Å². The molecule has 2 heterocycles. The number of carbonyl (C=O) groups excluding carboxylic acids is 1. The van der Waals surface area contributed by atoms with Crippen LogP contribution < -0.4 is 4.74 Å². The van der Waals surface area contributed by atoms with Crippen LogP contribution in [0, 0.1) is 0 Å². The van der Waals surface area contributed by atoms with Crippen LogP contribution in [-0.2, 0) is 16.2 Å². The number of carbonyl (C=O) groups is 1. The van der Waals surface area contributed by atoms with E-state index in [1.54, 1.807) is 25.3 Å². The summed E-state index contributed by atoms with van der Waals surface area (Å²) in [5.41, 5.74) is 0.0729. The van der Waals surface area contributed by atoms with Crippen molar-refractivity contribution in [3.8, 4) is 5.75 Å². The Hall–Kier alpha value is -3.05. The van der Waals surface area contributed by atoms with Gasteiger partial charge in [0.25, 0.3) is 5.91 Å². The SMILES string of the molecule is COc1ccc2cc(C(=O)N3CCN(S(=O)(=O)c4cccc(C(F)(F)F)c4)CC3)[nH]c2c1. The number of sulfonamides is 1. The number of ether oxygens (including phenoxy) is 1. The molecule has 1 saturated heterocycles. The van der Waals surface area contributed by atoms with Crippen molar-refractivity contribution in [2.75, 3.05) is 33.3 Å². The minimum absolute atomic E-state index is 0.0155. The monoisotopic (exact) mass is 467 g/mol. The van der Waals surface area contributed by atoms with Crippen LogP contribution in [-0.4, -0.2) is 61.8 Å². The van der Waals surface area contributed by atoms with Gasteiger partial charge in [-0.2, -0.15) is 17.5 Å². The van der Waals surface area contributed by atoms with Crippen LogP contribution in [0.5, 0.6) is 5.75 Å². The summed E-state index contributed by atoms with van der Waals surface area (Å²) in [5.74, 6) is 0.364. The molecule has 1 amide bonds. The zero-order chi connectivity index (χ0) is 23.1. The van der Waals surface area contributed by atoms with Crippen molar-refractivity contribution in [3.05, 3.63) is 59.8 Å². The fourth-order valence-electron chi connectivity index (χ4n) is 3.63. The fourth-order valence-corrected chi connectivity index (χ4v) is 5.10. The van der Waals surface area contributed by atoms with Gasteiger partial charge in [-0.3, -0.25) is 4.79 Å². The Kier molecular flexibility index (Phi) is 5.63. The van der Waals surface area contributed by atoms with Gasteiger partial charge in [-0.05, 0) is 36.4 Å². The number of nitrogens with zero attached hydrogens (tertiary/aromatic N) is 2. The van der Waals surface area contributed by atoms with Crippen molar-refractivity contribution in [3.63, 3.8) is 0 Å². The lowest BCUT2D eigenvalue weighted by Crippen LogP contribution is -2.50. The Morgan fingerprint density at radius 2 is 1.75 bits per heavy atom. The summed E-state index contributed by atoms with van der Waals surface area (Å²) < 4.78 is 70.8. The van der Waals surface area contributed by atoms with Crippen LogP contribution in [0.15, 0.2) is 53.4 Å². The highest BCUT2D eigenvalue weighted by molar-refractivity contribution is 7.89. The number of hydrogen-bond donors (Lipinski definition) is 1. The van der Waals surface area contributed by atoms with Crippen molar-refractivity contribution < 1.29 is 31.1 Å². The highest BCUT2D eigenvalue weighted by Crippen LogP contribution is 2.31. The summed E-state index contributed by atoms with van der Waals surface area (Å²) in [5, 5.41) is 0.833. The van der Waals surface area contributed by atoms with Gasteiger partial charge in [-0.25, -0.2) is 8.42 Å². The van der Waals surface area contributed by atoms with Crippen molar-refractivity contribution in [1.82, 2.24) is 14.2 Å². The molecule has 1 aromatic heterocycles. The molecule has 0 saturated carbocycles. The molecule has 0 aliphatic carbocycles. The third-order valence-electron chi connectivity index (χ3n) is 5.39. The van der Waals surface area contributed by atoms with E-state index >= 15 is 0 Å². The number of amides is 1. The third kappa shape index (κ3) is 4.17. The van der Waals surface area contributed by atoms with Gasteiger partial charge in [0.15, 0.2) is 0 Å². The summed E-state index contributed by atoms with van der Waals surface area (Å²) in [7, 11) is -2.57. The fraction of sp³-hybridized carbons (Fsp3) is 0.286. The van der Waals surface area contributed by atoms with E-state index < -0.39 is 26.7 Å². The molecule has 1 aliphatic heterocycles. The molecule has 4 rings (SSSR count). The Bertz CT molecular complexity index is 1260. The van der Waals surface area contributed by atoms with Gasteiger partial charge in [0.2, 0.25) is 10.0 Å². The molecule has 1 fully saturated rings. The normalized spacial score (nSPS) is 15.8. The van der Waals surface area contributed by atoms with Crippen LogP contribution in [0.4, 0.5) is 13.2 Å². The lowest BCUT2D eigenvalue weighted by molar-refractivity contribution is -0.137. The topological polar surface area (TPSA) is 82.7 Å². The smallest absolute Gasteiger partial charge is 0.416 e. The van der Waals surface area contributed by atoms with E-state index in [1.807, 2.05) is 6.07 Å². The number of piperazine rings is 1. The van der Waals surface area contributed by atoms with Crippen molar-refractivity contribution >= 4 is 26.8 Å². The van der Waals surface area contributed by atoms with Crippen LogP contribution in [0.25, 0.3) is 10.9 Å². The van der Waals surface area contributed by atoms with E-state index in [2.05, 4.69) is 4.98 Å². The molecule has 3 aromatic rings. The maximum atomic E-state index is 13.0. The minimum Gasteiger partial charge on any atom is -0.497 e. The average molecular weight is 467 g/mol. The van der Waals surface area contributed by atoms with E-state index in [-0.39, 0.29) is 32.1 Å². The first-order chi connectivity index (χ1) is 15.1. The number of nitrogens with one attached hydrogen (secondary N) is 1. The molecule has 1 N–H and O–H groups in total. The highest BCUT2D eigenvalue weighted by atomic mass is 32.2. The highest BCUT2D eigenvalue weighted by Gasteiger charge is 2.34. The number of H-pyrrole nitrogens is 1. The molecule has 7 nitrogen and oxygen atoms in total. The van der Waals surface area contributed by atoms with Gasteiger partial charge in [0, 0.05) is 43.1 Å². The van der Waals surface area contributed by atoms with E-state index in [4.69, 9.17) is 4.74 Å². The lowest BCUT2D eigenvalue weighted by atomic mass is 10.2. The molecular weight excluding hydrogens is 447 g/mol. The zero-order valence-corrected chi connectivity index (χ0v) is 17.8. The molecule has 1 aliphatic rings. The van der Waals surface area contributed by atoms with E-state index in [0.717, 1.165) is 33.4 Å². The van der Waals surface area contributed by atoms with Crippen LogP contribution in [0.1, 0.15) is 16.1 Å². The quantitative estimate of drug-likeness (QED) is 0.638. The molecule has 2 aromatic carbocycles. The first-order valence-electron chi connectivity index (χ1n) is 9.73. The molecule has 0 unspecified atom stereocenters. The largest absolute Gasteiger partial charge is 0.497 e. The number of alkyl halides is 3. The maximum Gasteiger partial charge on any atom is 0.416 e. The van der Waals surface area contributed by atoms with E-state index in [0.29, 0.717) is 17.5 Å². The number of aromatic nitrogens is 1. The summed E-state index contributed by atoms with van der Waals surface area (Å²) in [6, 6.07) is 10.7. The molecule has 11 heteroatoms. The second-order valence-corrected chi connectivity index (χ2v) is 9.30. The predicted molar refractivity (Wildman–Crippen MR) is 111 cm³/mol. The number of halogens is 3. The van der Waals surface area contributed by atoms with Crippen LogP contribution in [0.2, 0.25) is 0 Å². The third-order valence-corrected chi connectivity index (χ3v) is 7.28. The summed E-state index contributed by atoms with van der Waals surface area (Å²) in [6.45, 7) is 0.210. The van der Waals surface area contributed by atoms with Gasteiger partial charge < -0.3 is 14.6 Å². The number of methoxy groups -OCH3 is 1. The van der Waals surface area contributed by atoms with Crippen molar-refractivity contribution in [2.45, 2.75) is 11.1 Å². The number of rotatable bonds is 4. The Labute approximate surface area is 182 Å². The molecular formula is C21H20F3N3O4S. The van der Waals surface area contributed by atoms with Crippen molar-refractivity contribution in [1.29, 1.82) is 0 Å². The Balaban J connectivity index is 1.47. The number of fused-ring (bicyclic) bond motifs is 1.